The number of Topliss-reactive ketones (excluding diaryl/α,β-unsaturated/α-hetero) is 1. The first kappa shape index (κ1) is 17.9. The number of alkyl halides is 3. The van der Waals surface area contributed by atoms with E-state index in [0.29, 0.717) is 22.6 Å². The molecule has 0 fully saturated rings. The number of carbonyl (C=O) groups excluding carboxylic acids is 2. The van der Waals surface area contributed by atoms with Gasteiger partial charge in [0.2, 0.25) is 0 Å². The molecule has 1 aromatic carbocycles. The molecular weight excluding hydrogens is 345 g/mol. The summed E-state index contributed by atoms with van der Waals surface area (Å²) < 4.78 is 43.7. The summed E-state index contributed by atoms with van der Waals surface area (Å²) in [6.45, 7) is 2.87. The Bertz CT molecular complexity index is 754. The number of ketones is 1. The molecule has 0 saturated carbocycles. The number of benzene rings is 1. The van der Waals surface area contributed by atoms with Crippen molar-refractivity contribution in [2.24, 2.45) is 0 Å². The van der Waals surface area contributed by atoms with Crippen LogP contribution in [0, 0.1) is 0 Å². The van der Waals surface area contributed by atoms with Gasteiger partial charge in [0.1, 0.15) is 4.88 Å². The Labute approximate surface area is 139 Å². The zero-order chi connectivity index (χ0) is 17.9. The molecule has 5 nitrogen and oxygen atoms in total. The van der Waals surface area contributed by atoms with E-state index in [1.807, 2.05) is 0 Å². The first-order chi connectivity index (χ1) is 11.2. The Balaban J connectivity index is 2.30. The van der Waals surface area contributed by atoms with Crippen molar-refractivity contribution in [1.82, 2.24) is 4.98 Å². The zero-order valence-electron chi connectivity index (χ0n) is 12.7. The molecule has 0 aliphatic heterocycles. The number of esters is 1. The van der Waals surface area contributed by atoms with Crippen molar-refractivity contribution in [3.8, 4) is 0 Å². The summed E-state index contributed by atoms with van der Waals surface area (Å²) >= 11 is 0.556. The number of nitrogens with one attached hydrogen (secondary N) is 1. The maximum atomic E-state index is 13.0. The Morgan fingerprint density at radius 1 is 1.25 bits per heavy atom. The van der Waals surface area contributed by atoms with Crippen LogP contribution in [0.3, 0.4) is 0 Å². The van der Waals surface area contributed by atoms with Gasteiger partial charge >= 0.3 is 12.1 Å². The maximum Gasteiger partial charge on any atom is 0.435 e. The average Bonchev–Trinajstić information content (AvgIpc) is 2.92. The van der Waals surface area contributed by atoms with Crippen LogP contribution in [0.1, 0.15) is 39.6 Å². The highest BCUT2D eigenvalue weighted by atomic mass is 32.1. The van der Waals surface area contributed by atoms with Crippen molar-refractivity contribution in [3.63, 3.8) is 0 Å². The van der Waals surface area contributed by atoms with Crippen molar-refractivity contribution >= 4 is 33.9 Å². The molecule has 1 N–H and O–H groups in total. The predicted octanol–water partition coefficient (Wildman–Crippen LogP) is 4.28. The largest absolute Gasteiger partial charge is 0.462 e. The summed E-state index contributed by atoms with van der Waals surface area (Å²) in [5.74, 6) is -1.19. The molecular formula is C15H13F3N2O3S. The molecule has 0 radical (unpaired) electrons. The van der Waals surface area contributed by atoms with Crippen LogP contribution in [0.25, 0.3) is 0 Å². The van der Waals surface area contributed by atoms with E-state index < -0.39 is 22.7 Å². The third-order valence-corrected chi connectivity index (χ3v) is 3.85. The van der Waals surface area contributed by atoms with Crippen LogP contribution in [0.15, 0.2) is 24.3 Å². The van der Waals surface area contributed by atoms with Crippen LogP contribution in [0.2, 0.25) is 0 Å². The molecule has 1 aromatic heterocycles. The number of carbonyl (C=O) groups is 2. The first-order valence-electron chi connectivity index (χ1n) is 6.85. The summed E-state index contributed by atoms with van der Waals surface area (Å²) in [5, 5.41) is 2.59. The molecule has 2 aromatic rings. The summed E-state index contributed by atoms with van der Waals surface area (Å²) in [6, 6.07) is 6.15. The number of hydrogen-bond acceptors (Lipinski definition) is 6. The minimum absolute atomic E-state index is 0.0384. The molecule has 0 unspecified atom stereocenters. The van der Waals surface area contributed by atoms with Crippen LogP contribution >= 0.6 is 11.3 Å². The van der Waals surface area contributed by atoms with Crippen molar-refractivity contribution < 1.29 is 27.5 Å². The Morgan fingerprint density at radius 2 is 1.88 bits per heavy atom. The Kier molecular flexibility index (Phi) is 5.23. The van der Waals surface area contributed by atoms with E-state index in [1.165, 1.54) is 38.1 Å². The van der Waals surface area contributed by atoms with Crippen LogP contribution in [0.5, 0.6) is 0 Å². The van der Waals surface area contributed by atoms with E-state index in [4.69, 9.17) is 0 Å². The van der Waals surface area contributed by atoms with Gasteiger partial charge in [-0.2, -0.15) is 13.2 Å². The van der Waals surface area contributed by atoms with Gasteiger partial charge in [-0.25, -0.2) is 9.78 Å². The lowest BCUT2D eigenvalue weighted by atomic mass is 10.1. The quantitative estimate of drug-likeness (QED) is 0.638. The van der Waals surface area contributed by atoms with E-state index in [0.717, 1.165) is 0 Å². The minimum atomic E-state index is -4.77. The van der Waals surface area contributed by atoms with Gasteiger partial charge < -0.3 is 10.1 Å². The fourth-order valence-corrected chi connectivity index (χ4v) is 2.71. The maximum absolute atomic E-state index is 13.0. The molecule has 1 heterocycles. The van der Waals surface area contributed by atoms with E-state index in [1.54, 1.807) is 0 Å². The Morgan fingerprint density at radius 3 is 2.38 bits per heavy atom. The second-order valence-electron chi connectivity index (χ2n) is 4.67. The second-order valence-corrected chi connectivity index (χ2v) is 5.67. The van der Waals surface area contributed by atoms with Crippen LogP contribution in [0.4, 0.5) is 24.0 Å². The van der Waals surface area contributed by atoms with E-state index in [-0.39, 0.29) is 17.5 Å². The molecule has 0 aliphatic rings. The second kappa shape index (κ2) is 7.00. The van der Waals surface area contributed by atoms with Gasteiger partial charge in [-0.1, -0.05) is 11.3 Å². The van der Waals surface area contributed by atoms with Crippen LogP contribution in [-0.4, -0.2) is 23.3 Å². The highest BCUT2D eigenvalue weighted by molar-refractivity contribution is 7.17. The van der Waals surface area contributed by atoms with Crippen molar-refractivity contribution in [3.05, 3.63) is 40.4 Å². The van der Waals surface area contributed by atoms with E-state index in [9.17, 15) is 22.8 Å². The minimum Gasteiger partial charge on any atom is -0.462 e. The highest BCUT2D eigenvalue weighted by Gasteiger charge is 2.40. The number of rotatable bonds is 5. The molecule has 24 heavy (non-hydrogen) atoms. The first-order valence-corrected chi connectivity index (χ1v) is 7.67. The van der Waals surface area contributed by atoms with Gasteiger partial charge in [0.05, 0.1) is 6.61 Å². The van der Waals surface area contributed by atoms with Gasteiger partial charge in [0.15, 0.2) is 16.6 Å². The third-order valence-electron chi connectivity index (χ3n) is 2.90. The van der Waals surface area contributed by atoms with E-state index in [2.05, 4.69) is 15.0 Å². The van der Waals surface area contributed by atoms with E-state index >= 15 is 0 Å². The number of hydrogen-bond donors (Lipinski definition) is 1. The number of ether oxygens (including phenoxy) is 1. The SMILES string of the molecule is CCOC(=O)c1sc(Nc2ccc(C(C)=O)cc2)nc1C(F)(F)F. The lowest BCUT2D eigenvalue weighted by Gasteiger charge is -2.05. The van der Waals surface area contributed by atoms with Gasteiger partial charge in [0, 0.05) is 11.3 Å². The smallest absolute Gasteiger partial charge is 0.435 e. The number of thiazole rings is 1. The number of halogens is 3. The van der Waals surface area contributed by atoms with Crippen molar-refractivity contribution in [2.45, 2.75) is 20.0 Å². The normalized spacial score (nSPS) is 11.2. The predicted molar refractivity (Wildman–Crippen MR) is 82.8 cm³/mol. The topological polar surface area (TPSA) is 68.3 Å². The highest BCUT2D eigenvalue weighted by Crippen LogP contribution is 2.37. The Hall–Kier alpha value is -2.42. The lowest BCUT2D eigenvalue weighted by Crippen LogP contribution is -2.13. The molecule has 0 spiro atoms. The van der Waals surface area contributed by atoms with Crippen molar-refractivity contribution in [1.29, 1.82) is 0 Å². The fraction of sp³-hybridized carbons (Fsp3) is 0.267. The standard InChI is InChI=1S/C15H13F3N2O3S/c1-3-23-13(22)11-12(15(16,17)18)20-14(24-11)19-10-6-4-9(5-7-10)8(2)21/h4-7H,3H2,1-2H3,(H,19,20). The molecule has 0 aliphatic carbocycles. The van der Waals surface area contributed by atoms with Crippen LogP contribution < -0.4 is 5.32 Å². The molecule has 9 heteroatoms. The molecule has 128 valence electrons. The summed E-state index contributed by atoms with van der Waals surface area (Å²) in [6.07, 6.45) is -4.77. The van der Waals surface area contributed by atoms with Gasteiger partial charge in [-0.05, 0) is 38.1 Å². The fourth-order valence-electron chi connectivity index (χ4n) is 1.81. The zero-order valence-corrected chi connectivity index (χ0v) is 13.5. The molecule has 0 amide bonds. The number of anilines is 2. The number of nitrogens with zero attached hydrogens (tertiary/aromatic N) is 1. The summed E-state index contributed by atoms with van der Waals surface area (Å²) in [4.78, 5) is 25.7. The average molecular weight is 358 g/mol. The van der Waals surface area contributed by atoms with Crippen molar-refractivity contribution in [2.75, 3.05) is 11.9 Å². The van der Waals surface area contributed by atoms with Crippen LogP contribution in [-0.2, 0) is 10.9 Å². The molecule has 2 rings (SSSR count). The lowest BCUT2D eigenvalue weighted by molar-refractivity contribution is -0.141. The summed E-state index contributed by atoms with van der Waals surface area (Å²) in [7, 11) is 0. The van der Waals surface area contributed by atoms with Gasteiger partial charge in [-0.3, -0.25) is 4.79 Å². The third kappa shape index (κ3) is 4.10. The number of aromatic nitrogens is 1. The molecule has 0 atom stereocenters. The van der Waals surface area contributed by atoms with Gasteiger partial charge in [-0.15, -0.1) is 0 Å². The molecule has 0 bridgehead atoms. The molecule has 0 saturated heterocycles. The summed E-state index contributed by atoms with van der Waals surface area (Å²) in [5.41, 5.74) is -0.366. The van der Waals surface area contributed by atoms with Gasteiger partial charge in [0.25, 0.3) is 0 Å². The monoisotopic (exact) mass is 358 g/mol.